The highest BCUT2D eigenvalue weighted by molar-refractivity contribution is 7.73. The lowest BCUT2D eigenvalue weighted by Crippen LogP contribution is -2.16. The van der Waals surface area contributed by atoms with E-state index in [1.54, 1.807) is 0 Å². The summed E-state index contributed by atoms with van der Waals surface area (Å²) in [5.41, 5.74) is -1.31. The Morgan fingerprint density at radius 2 is 2.09 bits per heavy atom. The van der Waals surface area contributed by atoms with Gasteiger partial charge in [-0.3, -0.25) is 9.97 Å². The smallest absolute Gasteiger partial charge is 0.381 e. The topological polar surface area (TPSA) is 108 Å². The lowest BCUT2D eigenvalue weighted by molar-refractivity contribution is -0.134. The molecule has 0 amide bonds. The third kappa shape index (κ3) is 3.27. The van der Waals surface area contributed by atoms with E-state index in [-0.39, 0.29) is 6.61 Å². The van der Waals surface area contributed by atoms with Crippen LogP contribution in [0.15, 0.2) is 0 Å². The summed E-state index contributed by atoms with van der Waals surface area (Å²) in [5.74, 6) is -1.28. The van der Waals surface area contributed by atoms with Crippen molar-refractivity contribution >= 4 is 19.0 Å². The van der Waals surface area contributed by atoms with Gasteiger partial charge in [-0.05, 0) is 6.92 Å². The average molecular weight is 181 g/mol. The molecule has 0 aliphatic carbocycles. The highest BCUT2D eigenvalue weighted by Crippen LogP contribution is 2.35. The maximum absolute atomic E-state index is 10.5. The van der Waals surface area contributed by atoms with Crippen LogP contribution in [0.1, 0.15) is 6.92 Å². The van der Waals surface area contributed by atoms with Gasteiger partial charge in [0.25, 0.3) is 0 Å². The second-order valence-corrected chi connectivity index (χ2v) is 3.15. The van der Waals surface area contributed by atoms with E-state index in [0.717, 1.165) is 0 Å². The van der Waals surface area contributed by atoms with Crippen LogP contribution >= 0.6 is 7.60 Å². The molecule has 0 aromatic heterocycles. The lowest BCUT2D eigenvalue weighted by Gasteiger charge is -2.03. The van der Waals surface area contributed by atoms with Gasteiger partial charge in [0.15, 0.2) is 0 Å². The number of hydrogen-bond acceptors (Lipinski definition) is 4. The Kier molecular flexibility index (Phi) is 3.38. The van der Waals surface area contributed by atoms with Gasteiger partial charge in [0.2, 0.25) is 5.45 Å². The Morgan fingerprint density at radius 1 is 1.64 bits per heavy atom. The second-order valence-electron chi connectivity index (χ2n) is 1.61. The van der Waals surface area contributed by atoms with Crippen molar-refractivity contribution in [3.63, 3.8) is 0 Å². The van der Waals surface area contributed by atoms with Crippen molar-refractivity contribution in [1.29, 1.82) is 5.41 Å². The van der Waals surface area contributed by atoms with E-state index in [0.29, 0.717) is 0 Å². The van der Waals surface area contributed by atoms with Gasteiger partial charge in [-0.1, -0.05) is 0 Å². The molecule has 0 spiro atoms. The predicted octanol–water partition coefficient (Wildman–Crippen LogP) is -0.296. The van der Waals surface area contributed by atoms with E-state index < -0.39 is 19.0 Å². The Labute approximate surface area is 62.8 Å². The van der Waals surface area contributed by atoms with Crippen molar-refractivity contribution in [1.82, 2.24) is 0 Å². The van der Waals surface area contributed by atoms with Crippen molar-refractivity contribution < 1.29 is 23.9 Å². The molecular weight excluding hydrogens is 173 g/mol. The Balaban J connectivity index is 4.28. The van der Waals surface area contributed by atoms with Gasteiger partial charge in [-0.2, -0.15) is 0 Å². The van der Waals surface area contributed by atoms with Crippen molar-refractivity contribution in [3.05, 3.63) is 0 Å². The van der Waals surface area contributed by atoms with Crippen molar-refractivity contribution in [2.45, 2.75) is 6.92 Å². The van der Waals surface area contributed by atoms with Gasteiger partial charge < -0.3 is 14.5 Å². The van der Waals surface area contributed by atoms with Crippen LogP contribution in [0.4, 0.5) is 0 Å². The Hall–Kier alpha value is -0.710. The molecule has 0 bridgehead atoms. The Bertz CT molecular complexity index is 219. The summed E-state index contributed by atoms with van der Waals surface area (Å²) >= 11 is 0. The van der Waals surface area contributed by atoms with E-state index in [1.165, 1.54) is 6.92 Å². The van der Waals surface area contributed by atoms with Crippen molar-refractivity contribution in [2.75, 3.05) is 6.61 Å². The zero-order valence-corrected chi connectivity index (χ0v) is 6.67. The first-order valence-electron chi connectivity index (χ1n) is 2.71. The van der Waals surface area contributed by atoms with Crippen molar-refractivity contribution in [2.24, 2.45) is 0 Å². The normalized spacial score (nSPS) is 10.8. The van der Waals surface area contributed by atoms with Gasteiger partial charge in [-0.15, -0.1) is 0 Å². The van der Waals surface area contributed by atoms with Crippen LogP contribution in [0.2, 0.25) is 0 Å². The second kappa shape index (κ2) is 3.61. The lowest BCUT2D eigenvalue weighted by atomic mass is 10.7. The largest absolute Gasteiger partial charge is 0.461 e. The summed E-state index contributed by atoms with van der Waals surface area (Å²) in [6, 6.07) is 0. The van der Waals surface area contributed by atoms with Crippen LogP contribution in [-0.2, 0) is 14.1 Å². The van der Waals surface area contributed by atoms with Crippen molar-refractivity contribution in [3.8, 4) is 0 Å². The van der Waals surface area contributed by atoms with Crippen LogP contribution in [-0.4, -0.2) is 27.8 Å². The highest BCUT2D eigenvalue weighted by Gasteiger charge is 2.29. The van der Waals surface area contributed by atoms with Crippen LogP contribution in [0.3, 0.4) is 0 Å². The minimum Gasteiger partial charge on any atom is -0.461 e. The number of nitrogens with one attached hydrogen (secondary N) is 1. The third-order valence-electron chi connectivity index (χ3n) is 0.760. The van der Waals surface area contributed by atoms with E-state index in [1.807, 2.05) is 0 Å². The number of carbonyl (C=O) groups is 1. The van der Waals surface area contributed by atoms with Gasteiger partial charge in [0.1, 0.15) is 0 Å². The predicted molar refractivity (Wildman–Crippen MR) is 36.4 cm³/mol. The van der Waals surface area contributed by atoms with E-state index in [9.17, 15) is 9.36 Å². The molecule has 7 heteroatoms. The van der Waals surface area contributed by atoms with Gasteiger partial charge in [-0.25, -0.2) is 4.79 Å². The molecule has 0 aromatic rings. The minimum atomic E-state index is -4.73. The number of ether oxygens (including phenoxy) is 1. The molecule has 0 saturated carbocycles. The summed E-state index contributed by atoms with van der Waals surface area (Å²) < 4.78 is 14.4. The molecule has 0 radical (unpaired) electrons. The van der Waals surface area contributed by atoms with Crippen LogP contribution in [0, 0.1) is 5.41 Å². The molecule has 0 fully saturated rings. The SMILES string of the molecule is CCOC(=O)C(=N)P(=O)(O)O. The fourth-order valence-electron chi connectivity index (χ4n) is 0.318. The first kappa shape index (κ1) is 10.3. The quantitative estimate of drug-likeness (QED) is 0.315. The zero-order valence-electron chi connectivity index (χ0n) is 5.77. The number of carbonyl (C=O) groups excluding carboxylic acids is 1. The van der Waals surface area contributed by atoms with Gasteiger partial charge >= 0.3 is 13.6 Å². The molecule has 0 saturated heterocycles. The third-order valence-corrected chi connectivity index (χ3v) is 1.53. The molecule has 0 heterocycles. The molecule has 0 aromatic carbocycles. The van der Waals surface area contributed by atoms with E-state index in [2.05, 4.69) is 4.74 Å². The standard InChI is InChI=1S/C4H8NO5P/c1-2-10-4(6)3(5)11(7,8)9/h5H,2H2,1H3,(H2,7,8,9). The maximum Gasteiger partial charge on any atom is 0.381 e. The highest BCUT2D eigenvalue weighted by atomic mass is 31.2. The monoisotopic (exact) mass is 181 g/mol. The first-order chi connectivity index (χ1) is 4.89. The first-order valence-corrected chi connectivity index (χ1v) is 4.32. The van der Waals surface area contributed by atoms with Gasteiger partial charge in [0.05, 0.1) is 6.61 Å². The molecule has 11 heavy (non-hydrogen) atoms. The molecule has 0 aliphatic heterocycles. The van der Waals surface area contributed by atoms with Crippen LogP contribution in [0.5, 0.6) is 0 Å². The summed E-state index contributed by atoms with van der Waals surface area (Å²) in [5, 5.41) is 6.61. The number of hydrogen-bond donors (Lipinski definition) is 3. The fraction of sp³-hybridized carbons (Fsp3) is 0.500. The summed E-state index contributed by atoms with van der Waals surface area (Å²) in [4.78, 5) is 27.0. The molecule has 0 rings (SSSR count). The molecule has 64 valence electrons. The minimum absolute atomic E-state index is 0.0127. The maximum atomic E-state index is 10.5. The number of rotatable bonds is 3. The zero-order chi connectivity index (χ0) is 9.07. The molecule has 6 nitrogen and oxygen atoms in total. The van der Waals surface area contributed by atoms with E-state index in [4.69, 9.17) is 15.2 Å². The fourth-order valence-corrected chi connectivity index (χ4v) is 0.621. The Morgan fingerprint density at radius 3 is 2.36 bits per heavy atom. The van der Waals surface area contributed by atoms with Crippen LogP contribution in [0.25, 0.3) is 0 Å². The van der Waals surface area contributed by atoms with Gasteiger partial charge in [0, 0.05) is 0 Å². The summed E-state index contributed by atoms with van der Waals surface area (Å²) in [6.45, 7) is 1.46. The van der Waals surface area contributed by atoms with Crippen LogP contribution < -0.4 is 0 Å². The molecule has 0 atom stereocenters. The van der Waals surface area contributed by atoms with E-state index >= 15 is 0 Å². The summed E-state index contributed by atoms with van der Waals surface area (Å²) in [7, 11) is -4.73. The summed E-state index contributed by atoms with van der Waals surface area (Å²) in [6.07, 6.45) is 0. The molecule has 0 unspecified atom stereocenters. The molecule has 0 aliphatic rings. The molecule has 3 N–H and O–H groups in total. The number of esters is 1. The average Bonchev–Trinajstić information content (AvgIpc) is 1.85. The molecular formula is C4H8NO5P.